The number of piperidine rings is 1. The topological polar surface area (TPSA) is 78.9 Å². The van der Waals surface area contributed by atoms with Crippen molar-refractivity contribution in [3.63, 3.8) is 0 Å². The smallest absolute Gasteiger partial charge is 0.230 e. The molecule has 2 bridgehead atoms. The van der Waals surface area contributed by atoms with Gasteiger partial charge < -0.3 is 11.1 Å². The van der Waals surface area contributed by atoms with Crippen LogP contribution in [0.1, 0.15) is 26.7 Å². The molecule has 4 rings (SSSR count). The van der Waals surface area contributed by atoms with Crippen molar-refractivity contribution in [1.29, 1.82) is 5.26 Å². The number of nitrogens with one attached hydrogen (secondary N) is 1. The lowest BCUT2D eigenvalue weighted by atomic mass is 9.54. The molecule has 1 spiro atoms. The van der Waals surface area contributed by atoms with Crippen LogP contribution in [0, 0.1) is 35.0 Å². The molecular weight excluding hydrogens is 270 g/mol. The van der Waals surface area contributed by atoms with Crippen LogP contribution < -0.4 is 11.1 Å². The highest BCUT2D eigenvalue weighted by atomic mass is 32.2. The molecule has 3 N–H and O–H groups in total. The van der Waals surface area contributed by atoms with Gasteiger partial charge in [-0.2, -0.15) is 17.0 Å². The van der Waals surface area contributed by atoms with Crippen molar-refractivity contribution < 1.29 is 4.79 Å². The van der Waals surface area contributed by atoms with Crippen LogP contribution in [-0.2, 0) is 4.79 Å². The number of carbonyl (C=O) groups excluding carboxylic acids is 1. The molecule has 0 saturated carbocycles. The standard InChI is InChI=1S/C15H21N3OS/c1-3-8(2)11-10-7-20-5-4-15(10)9(6-16)13(17)12(11)14(19)18-15/h8,10-12H,3-5,7,17H2,1-2H3,(H,18,19)/t8?,10-,11+,12-,15-/m1/s1. The Morgan fingerprint density at radius 3 is 3.05 bits per heavy atom. The van der Waals surface area contributed by atoms with Crippen LogP contribution in [0.4, 0.5) is 0 Å². The molecule has 0 radical (unpaired) electrons. The van der Waals surface area contributed by atoms with E-state index in [2.05, 4.69) is 25.2 Å². The Morgan fingerprint density at radius 2 is 2.40 bits per heavy atom. The van der Waals surface area contributed by atoms with E-state index in [1.165, 1.54) is 0 Å². The third-order valence-corrected chi connectivity index (χ3v) is 6.62. The highest BCUT2D eigenvalue weighted by molar-refractivity contribution is 7.99. The zero-order chi connectivity index (χ0) is 14.5. The molecule has 5 atom stereocenters. The number of thioether (sulfide) groups is 1. The lowest BCUT2D eigenvalue weighted by Crippen LogP contribution is -2.71. The summed E-state index contributed by atoms with van der Waals surface area (Å²) in [5.74, 6) is 2.81. The summed E-state index contributed by atoms with van der Waals surface area (Å²) in [5.41, 5.74) is 6.95. The second-order valence-corrected chi connectivity index (χ2v) is 7.42. The zero-order valence-corrected chi connectivity index (χ0v) is 12.8. The third kappa shape index (κ3) is 1.57. The molecule has 0 aromatic heterocycles. The van der Waals surface area contributed by atoms with Gasteiger partial charge in [0.25, 0.3) is 0 Å². The molecule has 5 heteroatoms. The first-order chi connectivity index (χ1) is 9.56. The predicted octanol–water partition coefficient (Wildman–Crippen LogP) is 1.64. The molecular formula is C15H21N3OS. The first-order valence-electron chi connectivity index (χ1n) is 7.36. The molecule has 1 unspecified atom stereocenters. The number of nitriles is 1. The molecule has 1 aliphatic carbocycles. The number of fused-ring (bicyclic) bond motifs is 1. The van der Waals surface area contributed by atoms with Crippen LogP contribution >= 0.6 is 11.8 Å². The molecule has 0 aromatic carbocycles. The summed E-state index contributed by atoms with van der Waals surface area (Å²) >= 11 is 1.94. The molecule has 2 saturated heterocycles. The Kier molecular flexibility index (Phi) is 3.24. The summed E-state index contributed by atoms with van der Waals surface area (Å²) < 4.78 is 0. The normalized spacial score (nSPS) is 40.9. The second-order valence-electron chi connectivity index (χ2n) is 6.27. The van der Waals surface area contributed by atoms with Crippen molar-refractivity contribution in [2.24, 2.45) is 29.4 Å². The summed E-state index contributed by atoms with van der Waals surface area (Å²) in [6, 6.07) is 2.30. The van der Waals surface area contributed by atoms with Crippen LogP contribution in [0.15, 0.2) is 11.3 Å². The van der Waals surface area contributed by atoms with Crippen LogP contribution in [-0.4, -0.2) is 23.0 Å². The number of nitrogens with two attached hydrogens (primary N) is 1. The first-order valence-corrected chi connectivity index (χ1v) is 8.52. The molecule has 1 amide bonds. The largest absolute Gasteiger partial charge is 0.401 e. The van der Waals surface area contributed by atoms with Gasteiger partial charge in [-0.15, -0.1) is 0 Å². The summed E-state index contributed by atoms with van der Waals surface area (Å²) in [7, 11) is 0. The lowest BCUT2D eigenvalue weighted by molar-refractivity contribution is -0.136. The van der Waals surface area contributed by atoms with Gasteiger partial charge in [0.2, 0.25) is 5.91 Å². The van der Waals surface area contributed by atoms with Gasteiger partial charge in [0.15, 0.2) is 0 Å². The number of hydrogen-bond donors (Lipinski definition) is 2. The van der Waals surface area contributed by atoms with Crippen molar-refractivity contribution in [3.05, 3.63) is 11.3 Å². The Balaban J connectivity index is 2.17. The third-order valence-electron chi connectivity index (χ3n) is 5.53. The molecule has 3 aliphatic heterocycles. The van der Waals surface area contributed by atoms with Gasteiger partial charge in [-0.05, 0) is 29.8 Å². The van der Waals surface area contributed by atoms with E-state index in [1.54, 1.807) is 0 Å². The highest BCUT2D eigenvalue weighted by Gasteiger charge is 2.62. The molecule has 0 aromatic rings. The van der Waals surface area contributed by atoms with Crippen molar-refractivity contribution in [1.82, 2.24) is 5.32 Å². The average Bonchev–Trinajstić information content (AvgIpc) is 2.44. The van der Waals surface area contributed by atoms with E-state index in [0.29, 0.717) is 23.1 Å². The van der Waals surface area contributed by atoms with E-state index in [0.717, 1.165) is 24.3 Å². The second kappa shape index (κ2) is 4.70. The van der Waals surface area contributed by atoms with E-state index < -0.39 is 5.54 Å². The Labute approximate surface area is 124 Å². The minimum absolute atomic E-state index is 0.0370. The first kappa shape index (κ1) is 13.8. The average molecular weight is 291 g/mol. The van der Waals surface area contributed by atoms with Gasteiger partial charge in [-0.1, -0.05) is 20.3 Å². The van der Waals surface area contributed by atoms with Crippen molar-refractivity contribution in [2.75, 3.05) is 11.5 Å². The monoisotopic (exact) mass is 291 g/mol. The summed E-state index contributed by atoms with van der Waals surface area (Å²) in [6.45, 7) is 4.38. The van der Waals surface area contributed by atoms with Crippen LogP contribution in [0.25, 0.3) is 0 Å². The minimum Gasteiger partial charge on any atom is -0.401 e. The number of hydrogen-bond acceptors (Lipinski definition) is 4. The Morgan fingerprint density at radius 1 is 1.65 bits per heavy atom. The van der Waals surface area contributed by atoms with Crippen molar-refractivity contribution >= 4 is 17.7 Å². The quantitative estimate of drug-likeness (QED) is 0.810. The fourth-order valence-electron chi connectivity index (χ4n) is 4.37. The van der Waals surface area contributed by atoms with Gasteiger partial charge >= 0.3 is 0 Å². The van der Waals surface area contributed by atoms with Crippen molar-refractivity contribution in [3.8, 4) is 6.07 Å². The van der Waals surface area contributed by atoms with Crippen LogP contribution in [0.5, 0.6) is 0 Å². The van der Waals surface area contributed by atoms with Gasteiger partial charge in [-0.25, -0.2) is 0 Å². The SMILES string of the molecule is CCC(C)[C@@H]1[C@H]2C(=O)N[C@]3(CCSC[C@H]13)C(C#N)=C2N. The number of nitrogens with zero attached hydrogens (tertiary/aromatic N) is 1. The van der Waals surface area contributed by atoms with E-state index in [-0.39, 0.29) is 17.7 Å². The van der Waals surface area contributed by atoms with Gasteiger partial charge in [0.1, 0.15) is 0 Å². The maximum absolute atomic E-state index is 12.5. The van der Waals surface area contributed by atoms with Crippen molar-refractivity contribution in [2.45, 2.75) is 32.2 Å². The Bertz CT molecular complexity index is 524. The van der Waals surface area contributed by atoms with Gasteiger partial charge in [0.05, 0.1) is 23.1 Å². The minimum atomic E-state index is -0.482. The molecule has 3 heterocycles. The Hall–Kier alpha value is -1.15. The van der Waals surface area contributed by atoms with Crippen LogP contribution in [0.3, 0.4) is 0 Å². The zero-order valence-electron chi connectivity index (χ0n) is 12.0. The highest BCUT2D eigenvalue weighted by Crippen LogP contribution is 2.55. The van der Waals surface area contributed by atoms with E-state index in [4.69, 9.17) is 5.73 Å². The molecule has 20 heavy (non-hydrogen) atoms. The molecule has 4 nitrogen and oxygen atoms in total. The summed E-state index contributed by atoms with van der Waals surface area (Å²) in [5, 5.41) is 12.7. The van der Waals surface area contributed by atoms with Gasteiger partial charge in [-0.3, -0.25) is 4.79 Å². The number of rotatable bonds is 2. The number of amides is 1. The fraction of sp³-hybridized carbons (Fsp3) is 0.733. The maximum atomic E-state index is 12.5. The number of carbonyl (C=O) groups is 1. The molecule has 108 valence electrons. The fourth-order valence-corrected chi connectivity index (χ4v) is 5.76. The van der Waals surface area contributed by atoms with E-state index in [9.17, 15) is 10.1 Å². The summed E-state index contributed by atoms with van der Waals surface area (Å²) in [4.78, 5) is 12.5. The maximum Gasteiger partial charge on any atom is 0.230 e. The van der Waals surface area contributed by atoms with Crippen LogP contribution in [0.2, 0.25) is 0 Å². The van der Waals surface area contributed by atoms with Gasteiger partial charge in [0, 0.05) is 11.6 Å². The summed E-state index contributed by atoms with van der Waals surface area (Å²) in [6.07, 6.45) is 1.87. The van der Waals surface area contributed by atoms with E-state index >= 15 is 0 Å². The predicted molar refractivity (Wildman–Crippen MR) is 79.6 cm³/mol. The molecule has 2 fully saturated rings. The van der Waals surface area contributed by atoms with E-state index in [1.807, 2.05) is 11.8 Å². The molecule has 4 aliphatic rings. The lowest BCUT2D eigenvalue weighted by Gasteiger charge is -2.58.